The molecule has 1 atom stereocenters. The number of amides is 1. The number of hydrogen-bond acceptors (Lipinski definition) is 5. The molecule has 0 aliphatic carbocycles. The van der Waals surface area contributed by atoms with Gasteiger partial charge in [-0.25, -0.2) is 4.98 Å². The molecule has 1 amide bonds. The van der Waals surface area contributed by atoms with Gasteiger partial charge in [-0.3, -0.25) is 9.78 Å². The van der Waals surface area contributed by atoms with Crippen molar-refractivity contribution < 1.29 is 9.53 Å². The van der Waals surface area contributed by atoms with Gasteiger partial charge in [0.25, 0.3) is 0 Å². The third kappa shape index (κ3) is 3.04. The molecule has 3 heterocycles. The zero-order chi connectivity index (χ0) is 16.4. The van der Waals surface area contributed by atoms with Gasteiger partial charge < -0.3 is 14.5 Å². The molecule has 2 saturated heterocycles. The molecule has 1 unspecified atom stereocenters. The first-order chi connectivity index (χ1) is 11.1. The molecule has 2 fully saturated rings. The van der Waals surface area contributed by atoms with E-state index in [4.69, 9.17) is 4.74 Å². The number of likely N-dealkylation sites (tertiary alicyclic amines) is 1. The molecule has 1 aromatic rings. The molecule has 1 spiro atoms. The molecule has 2 aliphatic heterocycles. The number of carbonyl (C=O) groups is 1. The van der Waals surface area contributed by atoms with E-state index in [0.717, 1.165) is 56.1 Å². The van der Waals surface area contributed by atoms with E-state index < -0.39 is 0 Å². The molecule has 3 rings (SSSR count). The molecular weight excluding hydrogens is 292 g/mol. The number of carbonyl (C=O) groups excluding carboxylic acids is 1. The summed E-state index contributed by atoms with van der Waals surface area (Å²) < 4.78 is 5.14. The lowest BCUT2D eigenvalue weighted by molar-refractivity contribution is -0.145. The van der Waals surface area contributed by atoms with Crippen molar-refractivity contribution in [1.82, 2.24) is 14.9 Å². The molecule has 0 N–H and O–H groups in total. The number of nitrogens with zero attached hydrogens (tertiary/aromatic N) is 4. The van der Waals surface area contributed by atoms with Gasteiger partial charge in [-0.1, -0.05) is 0 Å². The van der Waals surface area contributed by atoms with Crippen LogP contribution in [0.5, 0.6) is 0 Å². The molecule has 0 saturated carbocycles. The van der Waals surface area contributed by atoms with Crippen molar-refractivity contribution in [2.45, 2.75) is 33.1 Å². The lowest BCUT2D eigenvalue weighted by Crippen LogP contribution is -2.51. The van der Waals surface area contributed by atoms with E-state index in [-0.39, 0.29) is 5.41 Å². The van der Waals surface area contributed by atoms with Gasteiger partial charge in [0.2, 0.25) is 5.91 Å². The molecule has 23 heavy (non-hydrogen) atoms. The largest absolute Gasteiger partial charge is 0.383 e. The average molecular weight is 318 g/mol. The minimum Gasteiger partial charge on any atom is -0.383 e. The number of methoxy groups -OCH3 is 1. The maximum absolute atomic E-state index is 13.0. The van der Waals surface area contributed by atoms with Crippen LogP contribution < -0.4 is 4.90 Å². The maximum Gasteiger partial charge on any atom is 0.230 e. The van der Waals surface area contributed by atoms with Gasteiger partial charge in [0.1, 0.15) is 5.82 Å². The fraction of sp³-hybridized carbons (Fsp3) is 0.706. The van der Waals surface area contributed by atoms with Crippen molar-refractivity contribution in [3.8, 4) is 0 Å². The minimum atomic E-state index is -0.246. The van der Waals surface area contributed by atoms with Crippen molar-refractivity contribution in [2.24, 2.45) is 5.41 Å². The summed E-state index contributed by atoms with van der Waals surface area (Å²) in [5.74, 6) is 1.23. The Kier molecular flexibility index (Phi) is 4.53. The van der Waals surface area contributed by atoms with Crippen molar-refractivity contribution in [3.63, 3.8) is 0 Å². The van der Waals surface area contributed by atoms with Crippen LogP contribution in [0, 0.1) is 19.3 Å². The first-order valence-corrected chi connectivity index (χ1v) is 8.39. The van der Waals surface area contributed by atoms with Crippen LogP contribution in [0.1, 0.15) is 30.7 Å². The lowest BCUT2D eigenvalue weighted by atomic mass is 9.78. The van der Waals surface area contributed by atoms with Gasteiger partial charge in [0.05, 0.1) is 23.4 Å². The zero-order valence-corrected chi connectivity index (χ0v) is 14.3. The Balaban J connectivity index is 1.77. The fourth-order valence-corrected chi connectivity index (χ4v) is 3.82. The van der Waals surface area contributed by atoms with Gasteiger partial charge >= 0.3 is 0 Å². The molecule has 0 radical (unpaired) electrons. The third-order valence-corrected chi connectivity index (χ3v) is 5.09. The van der Waals surface area contributed by atoms with Crippen LogP contribution >= 0.6 is 0 Å². The Morgan fingerprint density at radius 1 is 1.30 bits per heavy atom. The van der Waals surface area contributed by atoms with Crippen LogP contribution in [0.4, 0.5) is 5.82 Å². The first-order valence-electron chi connectivity index (χ1n) is 8.39. The summed E-state index contributed by atoms with van der Waals surface area (Å²) in [7, 11) is 1.68. The molecule has 126 valence electrons. The fourth-order valence-electron chi connectivity index (χ4n) is 3.82. The van der Waals surface area contributed by atoms with Gasteiger partial charge in [-0.05, 0) is 33.1 Å². The normalized spacial score (nSPS) is 24.7. The van der Waals surface area contributed by atoms with Crippen LogP contribution in [0.2, 0.25) is 0 Å². The molecular formula is C17H26N4O2. The van der Waals surface area contributed by atoms with E-state index in [1.807, 2.05) is 18.7 Å². The van der Waals surface area contributed by atoms with Gasteiger partial charge in [0, 0.05) is 39.5 Å². The lowest BCUT2D eigenvalue weighted by Gasteiger charge is -2.39. The molecule has 2 aliphatic rings. The van der Waals surface area contributed by atoms with E-state index >= 15 is 0 Å². The number of hydrogen-bond donors (Lipinski definition) is 0. The van der Waals surface area contributed by atoms with Gasteiger partial charge in [0.15, 0.2) is 0 Å². The van der Waals surface area contributed by atoms with E-state index in [0.29, 0.717) is 19.1 Å². The van der Waals surface area contributed by atoms with Crippen LogP contribution in [-0.2, 0) is 9.53 Å². The highest BCUT2D eigenvalue weighted by atomic mass is 16.5. The molecule has 6 heteroatoms. The van der Waals surface area contributed by atoms with Gasteiger partial charge in [-0.15, -0.1) is 0 Å². The SMILES string of the molecule is COCCN1CCCC2(CCN(c3nc(C)cnc3C)C2)C1=O. The topological polar surface area (TPSA) is 58.6 Å². The highest BCUT2D eigenvalue weighted by Crippen LogP contribution is 2.41. The van der Waals surface area contributed by atoms with Crippen molar-refractivity contribution in [1.29, 1.82) is 0 Å². The van der Waals surface area contributed by atoms with Crippen molar-refractivity contribution >= 4 is 11.7 Å². The number of rotatable bonds is 4. The number of aryl methyl sites for hydroxylation is 2. The van der Waals surface area contributed by atoms with Crippen LogP contribution in [-0.4, -0.2) is 60.7 Å². The second-order valence-corrected chi connectivity index (χ2v) is 6.76. The Hall–Kier alpha value is -1.69. The predicted molar refractivity (Wildman–Crippen MR) is 88.5 cm³/mol. The minimum absolute atomic E-state index is 0.246. The summed E-state index contributed by atoms with van der Waals surface area (Å²) in [4.78, 5) is 26.3. The Morgan fingerprint density at radius 2 is 2.13 bits per heavy atom. The van der Waals surface area contributed by atoms with E-state index in [1.54, 1.807) is 13.3 Å². The highest BCUT2D eigenvalue weighted by molar-refractivity contribution is 5.85. The Morgan fingerprint density at radius 3 is 2.91 bits per heavy atom. The highest BCUT2D eigenvalue weighted by Gasteiger charge is 2.48. The van der Waals surface area contributed by atoms with Crippen LogP contribution in [0.3, 0.4) is 0 Å². The van der Waals surface area contributed by atoms with E-state index in [9.17, 15) is 4.79 Å². The van der Waals surface area contributed by atoms with Gasteiger partial charge in [-0.2, -0.15) is 0 Å². The molecule has 6 nitrogen and oxygen atoms in total. The standard InChI is InChI=1S/C17H26N4O2/c1-13-11-18-14(2)15(19-13)21-8-6-17(12-21)5-4-7-20(16(17)22)9-10-23-3/h11H,4-10,12H2,1-3H3. The predicted octanol–water partition coefficient (Wildman–Crippen LogP) is 1.56. The van der Waals surface area contributed by atoms with Crippen LogP contribution in [0.15, 0.2) is 6.20 Å². The number of piperidine rings is 1. The average Bonchev–Trinajstić information content (AvgIpc) is 2.96. The maximum atomic E-state index is 13.0. The number of aromatic nitrogens is 2. The second-order valence-electron chi connectivity index (χ2n) is 6.76. The Labute approximate surface area is 137 Å². The number of ether oxygens (including phenoxy) is 1. The van der Waals surface area contributed by atoms with Crippen molar-refractivity contribution in [3.05, 3.63) is 17.6 Å². The quantitative estimate of drug-likeness (QED) is 0.843. The third-order valence-electron chi connectivity index (χ3n) is 5.09. The Bertz CT molecular complexity index is 592. The summed E-state index contributed by atoms with van der Waals surface area (Å²) in [6, 6.07) is 0. The summed E-state index contributed by atoms with van der Waals surface area (Å²) in [5, 5.41) is 0. The molecule has 1 aromatic heterocycles. The smallest absolute Gasteiger partial charge is 0.230 e. The number of anilines is 1. The molecule has 0 bridgehead atoms. The van der Waals surface area contributed by atoms with Crippen molar-refractivity contribution in [2.75, 3.05) is 44.8 Å². The summed E-state index contributed by atoms with van der Waals surface area (Å²) in [6.07, 6.45) is 4.75. The zero-order valence-electron chi connectivity index (χ0n) is 14.3. The summed E-state index contributed by atoms with van der Waals surface area (Å²) in [6.45, 7) is 7.74. The van der Waals surface area contributed by atoms with Crippen LogP contribution in [0.25, 0.3) is 0 Å². The second kappa shape index (κ2) is 6.43. The van der Waals surface area contributed by atoms with E-state index in [2.05, 4.69) is 14.9 Å². The monoisotopic (exact) mass is 318 g/mol. The van der Waals surface area contributed by atoms with E-state index in [1.165, 1.54) is 0 Å². The molecule has 0 aromatic carbocycles. The first kappa shape index (κ1) is 16.2. The summed E-state index contributed by atoms with van der Waals surface area (Å²) >= 11 is 0. The summed E-state index contributed by atoms with van der Waals surface area (Å²) in [5.41, 5.74) is 1.61.